The highest BCUT2D eigenvalue weighted by Gasteiger charge is 2.37. The number of carbonyl (C=O) groups excluding carboxylic acids is 3. The minimum atomic E-state index is -1.13. The number of aromatic nitrogens is 1. The van der Waals surface area contributed by atoms with Gasteiger partial charge >= 0.3 is 0 Å². The van der Waals surface area contributed by atoms with E-state index in [4.69, 9.17) is 20.9 Å². The molecule has 1 atom stereocenters. The number of amides is 3. The van der Waals surface area contributed by atoms with Crippen molar-refractivity contribution in [2.45, 2.75) is 65.5 Å². The maximum absolute atomic E-state index is 14.0. The third-order valence-corrected chi connectivity index (χ3v) is 6.72. The highest BCUT2D eigenvalue weighted by molar-refractivity contribution is 6.31. The number of methoxy groups -OCH3 is 1. The summed E-state index contributed by atoms with van der Waals surface area (Å²) in [5, 5.41) is 9.76. The molecule has 0 aliphatic heterocycles. The molecule has 0 aliphatic rings. The second kappa shape index (κ2) is 12.8. The molecule has 0 fully saturated rings. The molecular weight excluding hydrogens is 520 g/mol. The first-order valence-corrected chi connectivity index (χ1v) is 13.1. The number of hydrogen-bond donors (Lipinski definition) is 2. The highest BCUT2D eigenvalue weighted by Crippen LogP contribution is 2.38. The summed E-state index contributed by atoms with van der Waals surface area (Å²) in [4.78, 5) is 41.9. The number of halogens is 1. The largest absolute Gasteiger partial charge is 0.495 e. The van der Waals surface area contributed by atoms with E-state index in [-0.39, 0.29) is 18.7 Å². The third kappa shape index (κ3) is 7.60. The molecular formula is C29H35ClN4O5. The van der Waals surface area contributed by atoms with Gasteiger partial charge in [0, 0.05) is 35.0 Å². The molecule has 10 heteroatoms. The van der Waals surface area contributed by atoms with Crippen LogP contribution in [0.2, 0.25) is 5.02 Å². The standard InChI is InChI=1S/C29H35ClN4O5/c1-7-29(4,5)32-28(37)27(20-10-8-9-11-21(20)30)34(22-16-18(2)12-13-23(22)38-6)26(36)15-14-25(35)31-24-17-19(3)39-33-24/h8-13,16-17,27H,7,14-15H2,1-6H3,(H,32,37)(H,31,33,35)/t27-/m1/s1. The van der Waals surface area contributed by atoms with Crippen LogP contribution in [0.3, 0.4) is 0 Å². The second-order valence-corrected chi connectivity index (χ2v) is 10.4. The summed E-state index contributed by atoms with van der Waals surface area (Å²) in [6.07, 6.45) is 0.329. The van der Waals surface area contributed by atoms with Crippen LogP contribution in [-0.2, 0) is 14.4 Å². The summed E-state index contributed by atoms with van der Waals surface area (Å²) in [5.74, 6) is -0.0798. The molecule has 0 saturated carbocycles. The zero-order valence-corrected chi connectivity index (χ0v) is 23.9. The zero-order chi connectivity index (χ0) is 28.7. The molecule has 1 heterocycles. The average molecular weight is 555 g/mol. The minimum Gasteiger partial charge on any atom is -0.495 e. The molecule has 0 radical (unpaired) electrons. The first-order valence-electron chi connectivity index (χ1n) is 12.7. The van der Waals surface area contributed by atoms with Crippen molar-refractivity contribution < 1.29 is 23.6 Å². The second-order valence-electron chi connectivity index (χ2n) is 9.96. The van der Waals surface area contributed by atoms with Crippen molar-refractivity contribution >= 4 is 40.8 Å². The van der Waals surface area contributed by atoms with Crippen molar-refractivity contribution in [2.75, 3.05) is 17.3 Å². The van der Waals surface area contributed by atoms with Crippen molar-refractivity contribution in [2.24, 2.45) is 0 Å². The number of ether oxygens (including phenoxy) is 1. The van der Waals surface area contributed by atoms with E-state index in [0.717, 1.165) is 5.56 Å². The van der Waals surface area contributed by atoms with Gasteiger partial charge in [-0.1, -0.05) is 47.9 Å². The maximum atomic E-state index is 14.0. The van der Waals surface area contributed by atoms with Gasteiger partial charge in [0.15, 0.2) is 5.82 Å². The van der Waals surface area contributed by atoms with Gasteiger partial charge in [0.05, 0.1) is 12.8 Å². The van der Waals surface area contributed by atoms with Gasteiger partial charge in [-0.05, 0) is 57.9 Å². The lowest BCUT2D eigenvalue weighted by molar-refractivity contribution is -0.128. The molecule has 0 aliphatic carbocycles. The van der Waals surface area contributed by atoms with E-state index in [2.05, 4.69) is 15.8 Å². The van der Waals surface area contributed by atoms with Crippen LogP contribution in [0.25, 0.3) is 0 Å². The lowest BCUT2D eigenvalue weighted by Crippen LogP contribution is -2.50. The summed E-state index contributed by atoms with van der Waals surface area (Å²) in [7, 11) is 1.49. The molecule has 2 aromatic carbocycles. The molecule has 2 N–H and O–H groups in total. The van der Waals surface area contributed by atoms with Crippen molar-refractivity contribution in [1.29, 1.82) is 0 Å². The summed E-state index contributed by atoms with van der Waals surface area (Å²) in [6.45, 7) is 9.36. The number of hydrogen-bond acceptors (Lipinski definition) is 6. The molecule has 208 valence electrons. The number of rotatable bonds is 11. The van der Waals surface area contributed by atoms with Gasteiger partial charge in [0.25, 0.3) is 0 Å². The molecule has 0 spiro atoms. The summed E-state index contributed by atoms with van der Waals surface area (Å²) in [6, 6.07) is 12.7. The van der Waals surface area contributed by atoms with Gasteiger partial charge in [0.1, 0.15) is 17.6 Å². The Labute approximate surface area is 233 Å². The van der Waals surface area contributed by atoms with Crippen LogP contribution in [0, 0.1) is 13.8 Å². The number of anilines is 2. The van der Waals surface area contributed by atoms with Crippen molar-refractivity contribution in [3.05, 3.63) is 70.4 Å². The Morgan fingerprint density at radius 2 is 1.82 bits per heavy atom. The molecule has 3 amide bonds. The molecule has 0 unspecified atom stereocenters. The SMILES string of the molecule is CCC(C)(C)NC(=O)[C@@H](c1ccccc1Cl)N(C(=O)CCC(=O)Nc1cc(C)on1)c1cc(C)ccc1OC. The minimum absolute atomic E-state index is 0.146. The van der Waals surface area contributed by atoms with E-state index in [1.807, 2.05) is 33.8 Å². The van der Waals surface area contributed by atoms with E-state index in [1.54, 1.807) is 49.4 Å². The molecule has 3 rings (SSSR count). The van der Waals surface area contributed by atoms with Crippen LogP contribution in [0.1, 0.15) is 63.0 Å². The van der Waals surface area contributed by atoms with Gasteiger partial charge in [0.2, 0.25) is 17.7 Å². The smallest absolute Gasteiger partial charge is 0.248 e. The predicted molar refractivity (Wildman–Crippen MR) is 151 cm³/mol. The van der Waals surface area contributed by atoms with Crippen LogP contribution < -0.4 is 20.3 Å². The predicted octanol–water partition coefficient (Wildman–Crippen LogP) is 5.75. The van der Waals surface area contributed by atoms with Crippen LogP contribution in [0.15, 0.2) is 53.1 Å². The topological polar surface area (TPSA) is 114 Å². The molecule has 39 heavy (non-hydrogen) atoms. The highest BCUT2D eigenvalue weighted by atomic mass is 35.5. The Morgan fingerprint density at radius 1 is 1.10 bits per heavy atom. The lowest BCUT2D eigenvalue weighted by atomic mass is 9.97. The van der Waals surface area contributed by atoms with Crippen molar-refractivity contribution in [3.8, 4) is 5.75 Å². The number of benzene rings is 2. The molecule has 0 saturated heterocycles. The Morgan fingerprint density at radius 3 is 2.44 bits per heavy atom. The summed E-state index contributed by atoms with van der Waals surface area (Å²) >= 11 is 6.60. The number of carbonyl (C=O) groups is 3. The Kier molecular flexibility index (Phi) is 9.75. The fourth-order valence-electron chi connectivity index (χ4n) is 3.96. The normalized spacial score (nSPS) is 12.0. The van der Waals surface area contributed by atoms with Gasteiger partial charge in [-0.3, -0.25) is 19.3 Å². The molecule has 1 aromatic heterocycles. The quantitative estimate of drug-likeness (QED) is 0.312. The van der Waals surface area contributed by atoms with Crippen LogP contribution in [0.5, 0.6) is 5.75 Å². The zero-order valence-electron chi connectivity index (χ0n) is 23.1. The summed E-state index contributed by atoms with van der Waals surface area (Å²) < 4.78 is 10.6. The van der Waals surface area contributed by atoms with Crippen LogP contribution in [0.4, 0.5) is 11.5 Å². The Hall–Kier alpha value is -3.85. The molecule has 3 aromatic rings. The number of aryl methyl sites for hydroxylation is 2. The Balaban J connectivity index is 2.06. The van der Waals surface area contributed by atoms with E-state index >= 15 is 0 Å². The van der Waals surface area contributed by atoms with E-state index in [1.165, 1.54) is 12.0 Å². The van der Waals surface area contributed by atoms with E-state index < -0.39 is 29.3 Å². The number of nitrogens with zero attached hydrogens (tertiary/aromatic N) is 2. The van der Waals surface area contributed by atoms with E-state index in [0.29, 0.717) is 34.2 Å². The van der Waals surface area contributed by atoms with Crippen LogP contribution >= 0.6 is 11.6 Å². The lowest BCUT2D eigenvalue weighted by Gasteiger charge is -2.35. The third-order valence-electron chi connectivity index (χ3n) is 6.38. The fourth-order valence-corrected chi connectivity index (χ4v) is 4.20. The summed E-state index contributed by atoms with van der Waals surface area (Å²) in [5.41, 5.74) is 1.15. The molecule has 9 nitrogen and oxygen atoms in total. The Bertz CT molecular complexity index is 1340. The maximum Gasteiger partial charge on any atom is 0.248 e. The fraction of sp³-hybridized carbons (Fsp3) is 0.379. The van der Waals surface area contributed by atoms with Crippen molar-refractivity contribution in [3.63, 3.8) is 0 Å². The first kappa shape index (κ1) is 29.7. The number of nitrogens with one attached hydrogen (secondary N) is 2. The monoisotopic (exact) mass is 554 g/mol. The van der Waals surface area contributed by atoms with Crippen LogP contribution in [-0.4, -0.2) is 35.5 Å². The van der Waals surface area contributed by atoms with E-state index in [9.17, 15) is 14.4 Å². The van der Waals surface area contributed by atoms with Gasteiger partial charge in [-0.2, -0.15) is 0 Å². The average Bonchev–Trinajstić information content (AvgIpc) is 3.30. The molecule has 0 bridgehead atoms. The van der Waals surface area contributed by atoms with Gasteiger partial charge in [-0.15, -0.1) is 0 Å². The van der Waals surface area contributed by atoms with Crippen molar-refractivity contribution in [1.82, 2.24) is 10.5 Å². The first-order chi connectivity index (χ1) is 18.5. The van der Waals surface area contributed by atoms with Gasteiger partial charge in [-0.25, -0.2) is 0 Å². The van der Waals surface area contributed by atoms with Gasteiger partial charge < -0.3 is 19.9 Å².